The summed E-state index contributed by atoms with van der Waals surface area (Å²) in [6.45, 7) is 1.02. The minimum Gasteiger partial charge on any atom is -0.376 e. The summed E-state index contributed by atoms with van der Waals surface area (Å²) in [6, 6.07) is 4.77. The summed E-state index contributed by atoms with van der Waals surface area (Å²) in [7, 11) is 0. The van der Waals surface area contributed by atoms with Crippen molar-refractivity contribution < 1.29 is 18.7 Å². The van der Waals surface area contributed by atoms with E-state index in [0.717, 1.165) is 24.6 Å². The van der Waals surface area contributed by atoms with Crippen LogP contribution < -0.4 is 16.3 Å². The molecule has 3 amide bonds. The molecule has 2 heterocycles. The molecular weight excluding hydrogens is 377 g/mol. The normalized spacial score (nSPS) is 16.3. The number of H-pyrrole nitrogens is 1. The maximum atomic E-state index is 13.5. The van der Waals surface area contributed by atoms with E-state index in [1.807, 2.05) is 0 Å². The van der Waals surface area contributed by atoms with Crippen molar-refractivity contribution in [3.8, 4) is 0 Å². The van der Waals surface area contributed by atoms with Gasteiger partial charge in [0.15, 0.2) is 5.16 Å². The smallest absolute Gasteiger partial charge is 0.344 e. The molecule has 1 fully saturated rings. The van der Waals surface area contributed by atoms with Gasteiger partial charge in [0.2, 0.25) is 5.91 Å². The van der Waals surface area contributed by atoms with Crippen molar-refractivity contribution in [3.05, 3.63) is 40.6 Å². The predicted octanol–water partition coefficient (Wildman–Crippen LogP) is 1.33. The monoisotopic (exact) mass is 395 g/mol. The molecule has 0 radical (unpaired) electrons. The second kappa shape index (κ2) is 8.82. The molecule has 1 aliphatic heterocycles. The summed E-state index contributed by atoms with van der Waals surface area (Å²) < 4.78 is 20.4. The van der Waals surface area contributed by atoms with Gasteiger partial charge in [-0.15, -0.1) is 5.10 Å². The number of hydrogen-bond acceptors (Lipinski definition) is 6. The second-order valence-corrected chi connectivity index (χ2v) is 6.77. The molecule has 0 saturated carbocycles. The molecule has 144 valence electrons. The van der Waals surface area contributed by atoms with Crippen molar-refractivity contribution in [2.24, 2.45) is 0 Å². The zero-order valence-electron chi connectivity index (χ0n) is 14.2. The minimum atomic E-state index is -0.843. The highest BCUT2D eigenvalue weighted by molar-refractivity contribution is 7.99. The first-order chi connectivity index (χ1) is 13.0. The lowest BCUT2D eigenvalue weighted by atomic mass is 10.2. The van der Waals surface area contributed by atoms with Gasteiger partial charge in [-0.1, -0.05) is 23.9 Å². The van der Waals surface area contributed by atoms with Crippen LogP contribution in [-0.2, 0) is 16.1 Å². The van der Waals surface area contributed by atoms with Crippen molar-refractivity contribution in [2.75, 3.05) is 17.7 Å². The van der Waals surface area contributed by atoms with Crippen molar-refractivity contribution in [3.63, 3.8) is 0 Å². The summed E-state index contributed by atoms with van der Waals surface area (Å²) in [6.07, 6.45) is 1.75. The number of urea groups is 1. The number of benzene rings is 1. The van der Waals surface area contributed by atoms with Crippen LogP contribution in [0.3, 0.4) is 0 Å². The van der Waals surface area contributed by atoms with Crippen LogP contribution in [0, 0.1) is 5.82 Å². The SMILES string of the molecule is O=C(CSc1n[nH]c(=O)n1C[C@@H]1CCCO1)NC(=O)Nc1ccccc1F. The molecule has 0 aliphatic carbocycles. The topological polar surface area (TPSA) is 118 Å². The van der Waals surface area contributed by atoms with Gasteiger partial charge in [0.25, 0.3) is 0 Å². The van der Waals surface area contributed by atoms with Crippen LogP contribution in [-0.4, -0.2) is 45.2 Å². The Morgan fingerprint density at radius 2 is 2.22 bits per heavy atom. The summed E-state index contributed by atoms with van der Waals surface area (Å²) in [5.41, 5.74) is -0.418. The van der Waals surface area contributed by atoms with Crippen LogP contribution in [0.4, 0.5) is 14.9 Å². The van der Waals surface area contributed by atoms with Gasteiger partial charge in [-0.3, -0.25) is 14.7 Å². The Morgan fingerprint density at radius 1 is 1.41 bits per heavy atom. The zero-order valence-corrected chi connectivity index (χ0v) is 15.1. The Morgan fingerprint density at radius 3 is 2.96 bits per heavy atom. The average Bonchev–Trinajstić information content (AvgIpc) is 3.26. The van der Waals surface area contributed by atoms with Crippen LogP contribution in [0.25, 0.3) is 0 Å². The van der Waals surface area contributed by atoms with E-state index in [1.54, 1.807) is 6.07 Å². The molecule has 27 heavy (non-hydrogen) atoms. The number of nitrogens with one attached hydrogen (secondary N) is 3. The molecule has 3 N–H and O–H groups in total. The lowest BCUT2D eigenvalue weighted by Crippen LogP contribution is -2.35. The number of para-hydroxylation sites is 1. The molecule has 1 aromatic carbocycles. The molecule has 1 aliphatic rings. The van der Waals surface area contributed by atoms with Gasteiger partial charge in [-0.2, -0.15) is 0 Å². The Balaban J connectivity index is 1.51. The molecular formula is C16H18FN5O4S. The Bertz CT molecular complexity index is 878. The molecule has 1 saturated heterocycles. The van der Waals surface area contributed by atoms with E-state index in [2.05, 4.69) is 20.8 Å². The van der Waals surface area contributed by atoms with Crippen LogP contribution in [0.2, 0.25) is 0 Å². The summed E-state index contributed by atoms with van der Waals surface area (Å²) >= 11 is 1.01. The van der Waals surface area contributed by atoms with Crippen molar-refractivity contribution >= 4 is 29.4 Å². The number of anilines is 1. The molecule has 1 aromatic heterocycles. The van der Waals surface area contributed by atoms with Crippen LogP contribution >= 0.6 is 11.8 Å². The molecule has 3 rings (SSSR count). The van der Waals surface area contributed by atoms with E-state index >= 15 is 0 Å². The molecule has 0 unspecified atom stereocenters. The number of carbonyl (C=O) groups excluding carboxylic acids is 2. The van der Waals surface area contributed by atoms with Crippen molar-refractivity contribution in [1.82, 2.24) is 20.1 Å². The van der Waals surface area contributed by atoms with Gasteiger partial charge in [0, 0.05) is 6.61 Å². The lowest BCUT2D eigenvalue weighted by molar-refractivity contribution is -0.117. The van der Waals surface area contributed by atoms with Gasteiger partial charge in [-0.05, 0) is 25.0 Å². The van der Waals surface area contributed by atoms with Crippen molar-refractivity contribution in [1.29, 1.82) is 0 Å². The first-order valence-corrected chi connectivity index (χ1v) is 9.26. The highest BCUT2D eigenvalue weighted by Gasteiger charge is 2.20. The number of aromatic nitrogens is 3. The lowest BCUT2D eigenvalue weighted by Gasteiger charge is -2.11. The fraction of sp³-hybridized carbons (Fsp3) is 0.375. The molecule has 11 heteroatoms. The minimum absolute atomic E-state index is 0.0341. The number of ether oxygens (including phenoxy) is 1. The Labute approximate surface area is 157 Å². The molecule has 0 spiro atoms. The molecule has 0 bridgehead atoms. The third-order valence-electron chi connectivity index (χ3n) is 3.84. The first kappa shape index (κ1) is 19.1. The van der Waals surface area contributed by atoms with E-state index in [1.165, 1.54) is 22.8 Å². The first-order valence-electron chi connectivity index (χ1n) is 8.28. The van der Waals surface area contributed by atoms with E-state index in [-0.39, 0.29) is 23.2 Å². The quantitative estimate of drug-likeness (QED) is 0.635. The van der Waals surface area contributed by atoms with E-state index in [9.17, 15) is 18.8 Å². The zero-order chi connectivity index (χ0) is 19.2. The number of rotatable bonds is 6. The maximum absolute atomic E-state index is 13.5. The highest BCUT2D eigenvalue weighted by Crippen LogP contribution is 2.18. The van der Waals surface area contributed by atoms with Crippen molar-refractivity contribution in [2.45, 2.75) is 30.6 Å². The Kier molecular flexibility index (Phi) is 6.24. The van der Waals surface area contributed by atoms with Gasteiger partial charge < -0.3 is 10.1 Å². The fourth-order valence-corrected chi connectivity index (χ4v) is 3.33. The molecule has 2 aromatic rings. The number of imide groups is 1. The maximum Gasteiger partial charge on any atom is 0.344 e. The van der Waals surface area contributed by atoms with Gasteiger partial charge in [-0.25, -0.2) is 19.1 Å². The third-order valence-corrected chi connectivity index (χ3v) is 4.82. The number of hydrogen-bond donors (Lipinski definition) is 3. The number of carbonyl (C=O) groups is 2. The molecule has 1 atom stereocenters. The van der Waals surface area contributed by atoms with Gasteiger partial charge >= 0.3 is 11.7 Å². The number of halogens is 1. The van der Waals surface area contributed by atoms with E-state index in [0.29, 0.717) is 18.3 Å². The highest BCUT2D eigenvalue weighted by atomic mass is 32.2. The predicted molar refractivity (Wildman–Crippen MR) is 96.1 cm³/mol. The van der Waals surface area contributed by atoms with E-state index in [4.69, 9.17) is 4.74 Å². The van der Waals surface area contributed by atoms with Gasteiger partial charge in [0.1, 0.15) is 5.82 Å². The molecule has 9 nitrogen and oxygen atoms in total. The summed E-state index contributed by atoms with van der Waals surface area (Å²) in [4.78, 5) is 35.6. The Hall–Kier alpha value is -2.66. The van der Waals surface area contributed by atoms with Crippen LogP contribution in [0.5, 0.6) is 0 Å². The number of amides is 3. The second-order valence-electron chi connectivity index (χ2n) is 5.83. The standard InChI is InChI=1S/C16H18FN5O4S/c17-11-5-1-2-6-12(11)18-14(24)19-13(23)9-27-16-21-20-15(25)22(16)8-10-4-3-7-26-10/h1-2,5-6,10H,3-4,7-9H2,(H,20,25)(H2,18,19,23,24)/t10-/m0/s1. The average molecular weight is 395 g/mol. The number of nitrogens with zero attached hydrogens (tertiary/aromatic N) is 2. The summed E-state index contributed by atoms with van der Waals surface area (Å²) in [5, 5.41) is 10.9. The number of aromatic amines is 1. The fourth-order valence-electron chi connectivity index (χ4n) is 2.58. The van der Waals surface area contributed by atoms with Gasteiger partial charge in [0.05, 0.1) is 24.1 Å². The van der Waals surface area contributed by atoms with Crippen LogP contribution in [0.1, 0.15) is 12.8 Å². The van der Waals surface area contributed by atoms with E-state index < -0.39 is 17.8 Å². The largest absolute Gasteiger partial charge is 0.376 e. The van der Waals surface area contributed by atoms with Crippen LogP contribution in [0.15, 0.2) is 34.2 Å². The third kappa shape index (κ3) is 5.17. The number of thioether (sulfide) groups is 1. The summed E-state index contributed by atoms with van der Waals surface area (Å²) in [5.74, 6) is -1.35.